The summed E-state index contributed by atoms with van der Waals surface area (Å²) in [6.07, 6.45) is 3.17. The highest BCUT2D eigenvalue weighted by molar-refractivity contribution is 5.89. The zero-order valence-corrected chi connectivity index (χ0v) is 14.3. The highest BCUT2D eigenvalue weighted by Gasteiger charge is 2.10. The van der Waals surface area contributed by atoms with Gasteiger partial charge in [-0.05, 0) is 53.2 Å². The zero-order chi connectivity index (χ0) is 18.8. The average molecular weight is 362 g/mol. The van der Waals surface area contributed by atoms with Gasteiger partial charge in [0.1, 0.15) is 18.6 Å². The van der Waals surface area contributed by atoms with Gasteiger partial charge in [-0.1, -0.05) is 6.07 Å². The molecule has 0 fully saturated rings. The van der Waals surface area contributed by atoms with Gasteiger partial charge in [0, 0.05) is 12.3 Å². The molecule has 3 aromatic heterocycles. The van der Waals surface area contributed by atoms with Crippen molar-refractivity contribution in [3.8, 4) is 5.69 Å². The van der Waals surface area contributed by atoms with Crippen LogP contribution in [0.4, 0.5) is 0 Å². The Balaban J connectivity index is 1.48. The van der Waals surface area contributed by atoms with Crippen molar-refractivity contribution >= 4 is 11.6 Å². The average Bonchev–Trinajstić information content (AvgIpc) is 3.22. The van der Waals surface area contributed by atoms with E-state index in [0.29, 0.717) is 16.9 Å². The number of aromatic nitrogens is 6. The van der Waals surface area contributed by atoms with Gasteiger partial charge in [-0.2, -0.15) is 0 Å². The second kappa shape index (κ2) is 6.79. The fraction of sp³-hybridized carbons (Fsp3) is 0.111. The van der Waals surface area contributed by atoms with Crippen molar-refractivity contribution in [2.45, 2.75) is 13.5 Å². The summed E-state index contributed by atoms with van der Waals surface area (Å²) < 4.78 is 8.21. The van der Waals surface area contributed by atoms with Crippen molar-refractivity contribution in [3.63, 3.8) is 0 Å². The van der Waals surface area contributed by atoms with Crippen LogP contribution in [0.25, 0.3) is 11.3 Å². The van der Waals surface area contributed by atoms with Crippen LogP contribution >= 0.6 is 0 Å². The lowest BCUT2D eigenvalue weighted by atomic mass is 10.2. The van der Waals surface area contributed by atoms with E-state index in [4.69, 9.17) is 4.74 Å². The molecular formula is C18H14N6O3. The molecule has 0 spiro atoms. The first-order valence-electron chi connectivity index (χ1n) is 8.10. The van der Waals surface area contributed by atoms with Gasteiger partial charge in [-0.25, -0.2) is 14.5 Å². The number of pyridine rings is 1. The first kappa shape index (κ1) is 16.6. The molecule has 134 valence electrons. The van der Waals surface area contributed by atoms with E-state index in [1.54, 1.807) is 36.5 Å². The Morgan fingerprint density at radius 3 is 2.70 bits per heavy atom. The fourth-order valence-electron chi connectivity index (χ4n) is 2.58. The number of fused-ring (bicyclic) bond motifs is 1. The minimum atomic E-state index is -0.510. The molecule has 0 saturated carbocycles. The largest absolute Gasteiger partial charge is 0.456 e. The molecule has 0 saturated heterocycles. The predicted molar refractivity (Wildman–Crippen MR) is 94.5 cm³/mol. The highest BCUT2D eigenvalue weighted by Crippen LogP contribution is 2.10. The van der Waals surface area contributed by atoms with Crippen LogP contribution in [0.3, 0.4) is 0 Å². The Labute approximate surface area is 152 Å². The maximum atomic E-state index is 12.2. The fourth-order valence-corrected chi connectivity index (χ4v) is 2.58. The third-order valence-corrected chi connectivity index (χ3v) is 3.93. The maximum absolute atomic E-state index is 12.2. The lowest BCUT2D eigenvalue weighted by molar-refractivity contribution is 0.0467. The lowest BCUT2D eigenvalue weighted by Crippen LogP contribution is -2.17. The van der Waals surface area contributed by atoms with Crippen molar-refractivity contribution in [1.29, 1.82) is 0 Å². The minimum absolute atomic E-state index is 0.0901. The summed E-state index contributed by atoms with van der Waals surface area (Å²) in [6.45, 7) is 1.80. The summed E-state index contributed by atoms with van der Waals surface area (Å²) >= 11 is 0. The van der Waals surface area contributed by atoms with Crippen LogP contribution in [-0.2, 0) is 11.3 Å². The molecule has 1 aromatic carbocycles. The Kier molecular flexibility index (Phi) is 4.17. The summed E-state index contributed by atoms with van der Waals surface area (Å²) in [4.78, 5) is 28.8. The van der Waals surface area contributed by atoms with Crippen molar-refractivity contribution in [2.75, 3.05) is 0 Å². The molecule has 0 N–H and O–H groups in total. The number of hydrogen-bond donors (Lipinski definition) is 0. The Morgan fingerprint density at radius 1 is 1.15 bits per heavy atom. The van der Waals surface area contributed by atoms with Crippen LogP contribution in [-0.4, -0.2) is 35.6 Å². The van der Waals surface area contributed by atoms with E-state index in [9.17, 15) is 9.59 Å². The molecule has 0 amide bonds. The van der Waals surface area contributed by atoms with Crippen LogP contribution in [0.5, 0.6) is 0 Å². The molecule has 0 radical (unpaired) electrons. The van der Waals surface area contributed by atoms with Gasteiger partial charge in [0.15, 0.2) is 0 Å². The number of ether oxygens (including phenoxy) is 1. The summed E-state index contributed by atoms with van der Waals surface area (Å²) in [7, 11) is 0. The smallest absolute Gasteiger partial charge is 0.338 e. The molecule has 0 aliphatic carbocycles. The van der Waals surface area contributed by atoms with Crippen molar-refractivity contribution < 1.29 is 9.53 Å². The topological polar surface area (TPSA) is 104 Å². The van der Waals surface area contributed by atoms with E-state index >= 15 is 0 Å². The lowest BCUT2D eigenvalue weighted by Gasteiger charge is -2.07. The predicted octanol–water partition coefficient (Wildman–Crippen LogP) is 1.34. The SMILES string of the molecule is Cc1ccc2nc(COC(=O)c3ccc(-n4cnnn4)cc3)cc(=O)n2c1. The number of tetrazole rings is 1. The normalized spacial score (nSPS) is 10.9. The van der Waals surface area contributed by atoms with Crippen LogP contribution in [0.1, 0.15) is 21.6 Å². The van der Waals surface area contributed by atoms with E-state index in [-0.39, 0.29) is 12.2 Å². The van der Waals surface area contributed by atoms with Gasteiger partial charge in [0.2, 0.25) is 0 Å². The number of hydrogen-bond acceptors (Lipinski definition) is 7. The van der Waals surface area contributed by atoms with Gasteiger partial charge in [-0.15, -0.1) is 5.10 Å². The third kappa shape index (κ3) is 3.43. The molecule has 9 heteroatoms. The van der Waals surface area contributed by atoms with Crippen molar-refractivity contribution in [1.82, 2.24) is 29.6 Å². The van der Waals surface area contributed by atoms with Crippen molar-refractivity contribution in [2.24, 2.45) is 0 Å². The molecule has 0 unspecified atom stereocenters. The number of aryl methyl sites for hydroxylation is 1. The molecule has 0 aliphatic heterocycles. The number of carbonyl (C=O) groups is 1. The number of esters is 1. The molecule has 4 aromatic rings. The summed E-state index contributed by atoms with van der Waals surface area (Å²) in [5.74, 6) is -0.510. The quantitative estimate of drug-likeness (QED) is 0.504. The van der Waals surface area contributed by atoms with E-state index in [1.807, 2.05) is 13.0 Å². The van der Waals surface area contributed by atoms with Gasteiger partial charge in [0.25, 0.3) is 5.56 Å². The van der Waals surface area contributed by atoms with E-state index in [0.717, 1.165) is 11.3 Å². The number of carbonyl (C=O) groups excluding carboxylic acids is 1. The van der Waals surface area contributed by atoms with Gasteiger partial charge >= 0.3 is 5.97 Å². The number of rotatable bonds is 4. The molecule has 0 aliphatic rings. The van der Waals surface area contributed by atoms with Gasteiger partial charge in [0.05, 0.1) is 16.9 Å². The van der Waals surface area contributed by atoms with Crippen LogP contribution < -0.4 is 5.56 Å². The second-order valence-corrected chi connectivity index (χ2v) is 5.90. The minimum Gasteiger partial charge on any atom is -0.456 e. The number of nitrogens with zero attached hydrogens (tertiary/aromatic N) is 6. The monoisotopic (exact) mass is 362 g/mol. The Hall–Kier alpha value is -3.88. The van der Waals surface area contributed by atoms with E-state index in [2.05, 4.69) is 20.5 Å². The molecule has 0 bridgehead atoms. The van der Waals surface area contributed by atoms with Crippen LogP contribution in [0.15, 0.2) is 59.8 Å². The highest BCUT2D eigenvalue weighted by atomic mass is 16.5. The maximum Gasteiger partial charge on any atom is 0.338 e. The standard InChI is InChI=1S/C18H14N6O3/c1-12-2-7-16-20-14(8-17(25)23(16)9-12)10-27-18(26)13-3-5-15(6-4-13)24-11-19-21-22-24/h2-9,11H,10H2,1H3. The van der Waals surface area contributed by atoms with Crippen LogP contribution in [0, 0.1) is 6.92 Å². The summed E-state index contributed by atoms with van der Waals surface area (Å²) in [6, 6.07) is 11.6. The van der Waals surface area contributed by atoms with Crippen molar-refractivity contribution in [3.05, 3.63) is 82.2 Å². The Morgan fingerprint density at radius 2 is 1.96 bits per heavy atom. The Bertz CT molecular complexity index is 1170. The molecule has 0 atom stereocenters. The van der Waals surface area contributed by atoms with Gasteiger partial charge < -0.3 is 4.74 Å². The number of benzene rings is 1. The first-order chi connectivity index (χ1) is 13.1. The van der Waals surface area contributed by atoms with E-state index in [1.165, 1.54) is 21.5 Å². The molecule has 4 rings (SSSR count). The van der Waals surface area contributed by atoms with E-state index < -0.39 is 5.97 Å². The zero-order valence-electron chi connectivity index (χ0n) is 14.3. The molecule has 3 heterocycles. The van der Waals surface area contributed by atoms with Gasteiger partial charge in [-0.3, -0.25) is 9.20 Å². The first-order valence-corrected chi connectivity index (χ1v) is 8.10. The molecular weight excluding hydrogens is 348 g/mol. The molecule has 9 nitrogen and oxygen atoms in total. The molecule has 27 heavy (non-hydrogen) atoms. The third-order valence-electron chi connectivity index (χ3n) is 3.93. The van der Waals surface area contributed by atoms with Crippen LogP contribution in [0.2, 0.25) is 0 Å². The second-order valence-electron chi connectivity index (χ2n) is 5.90. The summed E-state index contributed by atoms with van der Waals surface area (Å²) in [5, 5.41) is 10.9. The summed E-state index contributed by atoms with van der Waals surface area (Å²) in [5.41, 5.74) is 2.72.